The predicted molar refractivity (Wildman–Crippen MR) is 70.1 cm³/mol. The Morgan fingerprint density at radius 1 is 1.47 bits per heavy atom. The molecule has 0 aliphatic heterocycles. The Morgan fingerprint density at radius 3 is 2.65 bits per heavy atom. The van der Waals surface area contributed by atoms with Crippen molar-refractivity contribution in [2.45, 2.75) is 26.3 Å². The van der Waals surface area contributed by atoms with Gasteiger partial charge in [-0.05, 0) is 30.5 Å². The molecule has 3 nitrogen and oxygen atoms in total. The first kappa shape index (κ1) is 13.8. The van der Waals surface area contributed by atoms with Crippen LogP contribution in [0.15, 0.2) is 18.2 Å². The lowest BCUT2D eigenvalue weighted by Gasteiger charge is -2.20. The van der Waals surface area contributed by atoms with E-state index in [1.54, 1.807) is 18.2 Å². The molecule has 0 aliphatic rings. The minimum absolute atomic E-state index is 0.0135. The van der Waals surface area contributed by atoms with Crippen molar-refractivity contribution in [1.29, 1.82) is 5.26 Å². The van der Waals surface area contributed by atoms with E-state index in [2.05, 4.69) is 19.2 Å². The van der Waals surface area contributed by atoms with Crippen LogP contribution in [0, 0.1) is 17.2 Å². The van der Waals surface area contributed by atoms with Gasteiger partial charge in [0.2, 0.25) is 0 Å². The Bertz CT molecular complexity index is 412. The van der Waals surface area contributed by atoms with E-state index in [0.29, 0.717) is 16.5 Å². The summed E-state index contributed by atoms with van der Waals surface area (Å²) in [5.41, 5.74) is 1.29. The zero-order chi connectivity index (χ0) is 12.8. The fraction of sp³-hybridized carbons (Fsp3) is 0.462. The largest absolute Gasteiger partial charge is 0.394 e. The first-order valence-electron chi connectivity index (χ1n) is 5.63. The van der Waals surface area contributed by atoms with Gasteiger partial charge in [0.15, 0.2) is 0 Å². The van der Waals surface area contributed by atoms with E-state index in [9.17, 15) is 5.11 Å². The molecule has 17 heavy (non-hydrogen) atoms. The number of benzene rings is 1. The Balaban J connectivity index is 2.76. The van der Waals surface area contributed by atoms with Gasteiger partial charge in [0.1, 0.15) is 0 Å². The maximum Gasteiger partial charge on any atom is 0.0992 e. The van der Waals surface area contributed by atoms with Gasteiger partial charge in [0, 0.05) is 6.04 Å². The van der Waals surface area contributed by atoms with E-state index in [1.165, 1.54) is 0 Å². The molecule has 0 amide bonds. The van der Waals surface area contributed by atoms with Gasteiger partial charge < -0.3 is 10.4 Å². The number of nitrogens with one attached hydrogen (secondary N) is 1. The zero-order valence-corrected chi connectivity index (χ0v) is 10.8. The number of anilines is 1. The Hall–Kier alpha value is -1.24. The number of hydrogen-bond donors (Lipinski definition) is 2. The minimum atomic E-state index is -0.0135. The molecular formula is C13H17ClN2O. The maximum atomic E-state index is 9.27. The van der Waals surface area contributed by atoms with Crippen molar-refractivity contribution in [3.63, 3.8) is 0 Å². The fourth-order valence-electron chi connectivity index (χ4n) is 1.67. The highest BCUT2D eigenvalue weighted by molar-refractivity contribution is 6.33. The molecule has 1 rings (SSSR count). The van der Waals surface area contributed by atoms with E-state index in [0.717, 1.165) is 12.1 Å². The SMILES string of the molecule is CC(C)CC(CO)Nc1ccc(C#N)cc1Cl. The van der Waals surface area contributed by atoms with Crippen LogP contribution in [0.5, 0.6) is 0 Å². The van der Waals surface area contributed by atoms with Gasteiger partial charge in [-0.25, -0.2) is 0 Å². The summed E-state index contributed by atoms with van der Waals surface area (Å²) < 4.78 is 0. The van der Waals surface area contributed by atoms with Gasteiger partial charge in [-0.2, -0.15) is 5.26 Å². The maximum absolute atomic E-state index is 9.27. The zero-order valence-electron chi connectivity index (χ0n) is 10.1. The smallest absolute Gasteiger partial charge is 0.0992 e. The number of nitriles is 1. The second kappa shape index (κ2) is 6.48. The third-order valence-electron chi connectivity index (χ3n) is 2.43. The van der Waals surface area contributed by atoms with E-state index < -0.39 is 0 Å². The molecular weight excluding hydrogens is 236 g/mol. The molecule has 0 heterocycles. The van der Waals surface area contributed by atoms with Crippen molar-refractivity contribution in [3.05, 3.63) is 28.8 Å². The second-order valence-electron chi connectivity index (χ2n) is 4.46. The van der Waals surface area contributed by atoms with Crippen LogP contribution in [0.3, 0.4) is 0 Å². The van der Waals surface area contributed by atoms with Crippen LogP contribution < -0.4 is 5.32 Å². The molecule has 1 aromatic carbocycles. The quantitative estimate of drug-likeness (QED) is 0.847. The fourth-order valence-corrected chi connectivity index (χ4v) is 1.90. The van der Waals surface area contributed by atoms with Crippen LogP contribution in [0.2, 0.25) is 5.02 Å². The molecule has 0 aliphatic carbocycles. The molecule has 0 saturated carbocycles. The van der Waals surface area contributed by atoms with Crippen LogP contribution in [-0.2, 0) is 0 Å². The van der Waals surface area contributed by atoms with E-state index >= 15 is 0 Å². The lowest BCUT2D eigenvalue weighted by molar-refractivity contribution is 0.259. The molecule has 0 bridgehead atoms. The average molecular weight is 253 g/mol. The molecule has 1 unspecified atom stereocenters. The van der Waals surface area contributed by atoms with Crippen molar-refractivity contribution in [3.8, 4) is 6.07 Å². The van der Waals surface area contributed by atoms with Crippen molar-refractivity contribution in [2.75, 3.05) is 11.9 Å². The summed E-state index contributed by atoms with van der Waals surface area (Å²) in [6, 6.07) is 7.11. The molecule has 0 saturated heterocycles. The van der Waals surface area contributed by atoms with Crippen LogP contribution in [-0.4, -0.2) is 17.8 Å². The van der Waals surface area contributed by atoms with Gasteiger partial charge in [-0.1, -0.05) is 25.4 Å². The Labute approximate surface area is 107 Å². The van der Waals surface area contributed by atoms with Crippen LogP contribution >= 0.6 is 11.6 Å². The van der Waals surface area contributed by atoms with Gasteiger partial charge in [-0.3, -0.25) is 0 Å². The van der Waals surface area contributed by atoms with Crippen molar-refractivity contribution in [2.24, 2.45) is 5.92 Å². The van der Waals surface area contributed by atoms with E-state index in [4.69, 9.17) is 16.9 Å². The van der Waals surface area contributed by atoms with E-state index in [-0.39, 0.29) is 12.6 Å². The van der Waals surface area contributed by atoms with Crippen LogP contribution in [0.4, 0.5) is 5.69 Å². The number of aliphatic hydroxyl groups is 1. The summed E-state index contributed by atoms with van der Waals surface area (Å²) in [5.74, 6) is 0.497. The summed E-state index contributed by atoms with van der Waals surface area (Å²) >= 11 is 6.05. The van der Waals surface area contributed by atoms with Crippen molar-refractivity contribution >= 4 is 17.3 Å². The minimum Gasteiger partial charge on any atom is -0.394 e. The third kappa shape index (κ3) is 4.26. The van der Waals surface area contributed by atoms with E-state index in [1.807, 2.05) is 6.07 Å². The van der Waals surface area contributed by atoms with Gasteiger partial charge >= 0.3 is 0 Å². The average Bonchev–Trinajstić information content (AvgIpc) is 2.29. The normalized spacial score (nSPS) is 12.2. The molecule has 1 atom stereocenters. The number of hydrogen-bond acceptors (Lipinski definition) is 3. The number of halogens is 1. The first-order chi connectivity index (χ1) is 8.06. The Morgan fingerprint density at radius 2 is 2.18 bits per heavy atom. The topological polar surface area (TPSA) is 56.0 Å². The first-order valence-corrected chi connectivity index (χ1v) is 6.01. The molecule has 0 radical (unpaired) electrons. The number of aliphatic hydroxyl groups excluding tert-OH is 1. The highest BCUT2D eigenvalue weighted by atomic mass is 35.5. The molecule has 2 N–H and O–H groups in total. The van der Waals surface area contributed by atoms with Gasteiger partial charge in [-0.15, -0.1) is 0 Å². The van der Waals surface area contributed by atoms with Crippen molar-refractivity contribution < 1.29 is 5.11 Å². The summed E-state index contributed by atoms with van der Waals surface area (Å²) in [5, 5.41) is 21.7. The molecule has 0 spiro atoms. The van der Waals surface area contributed by atoms with Gasteiger partial charge in [0.25, 0.3) is 0 Å². The molecule has 4 heteroatoms. The second-order valence-corrected chi connectivity index (χ2v) is 4.87. The lowest BCUT2D eigenvalue weighted by Crippen LogP contribution is -2.25. The summed E-state index contributed by atoms with van der Waals surface area (Å²) in [4.78, 5) is 0. The highest BCUT2D eigenvalue weighted by Gasteiger charge is 2.11. The van der Waals surface area contributed by atoms with Crippen molar-refractivity contribution in [1.82, 2.24) is 0 Å². The summed E-state index contributed by atoms with van der Waals surface area (Å²) in [6.45, 7) is 4.27. The highest BCUT2D eigenvalue weighted by Crippen LogP contribution is 2.24. The standard InChI is InChI=1S/C13H17ClN2O/c1-9(2)5-11(8-17)16-13-4-3-10(7-15)6-12(13)14/h3-4,6,9,11,16-17H,5,8H2,1-2H3. The predicted octanol–water partition coefficient (Wildman–Crippen LogP) is 3.03. The van der Waals surface area contributed by atoms with Crippen LogP contribution in [0.25, 0.3) is 0 Å². The molecule has 0 fully saturated rings. The Kier molecular flexibility index (Phi) is 5.27. The molecule has 0 aromatic heterocycles. The summed E-state index contributed by atoms with van der Waals surface area (Å²) in [7, 11) is 0. The molecule has 92 valence electrons. The number of rotatable bonds is 5. The van der Waals surface area contributed by atoms with Gasteiger partial charge in [0.05, 0.1) is 28.9 Å². The lowest BCUT2D eigenvalue weighted by atomic mass is 10.0. The summed E-state index contributed by atoms with van der Waals surface area (Å²) in [6.07, 6.45) is 0.868. The molecule has 1 aromatic rings. The monoisotopic (exact) mass is 252 g/mol. The number of nitrogens with zero attached hydrogens (tertiary/aromatic N) is 1. The third-order valence-corrected chi connectivity index (χ3v) is 2.75. The van der Waals surface area contributed by atoms with Crippen LogP contribution in [0.1, 0.15) is 25.8 Å².